The van der Waals surface area contributed by atoms with Gasteiger partial charge in [0.1, 0.15) is 71.8 Å². The molecule has 22 nitrogen and oxygen atoms in total. The Morgan fingerprint density at radius 1 is 0.353 bits per heavy atom. The van der Waals surface area contributed by atoms with Crippen LogP contribution >= 0.6 is 0 Å². The van der Waals surface area contributed by atoms with Gasteiger partial charge in [-0.05, 0) is 263 Å². The molecule has 24 fully saturated rings. The molecule has 34 heteroatoms. The van der Waals surface area contributed by atoms with Gasteiger partial charge < -0.3 is 52.9 Å². The first-order valence-corrected chi connectivity index (χ1v) is 52.8. The van der Waals surface area contributed by atoms with Gasteiger partial charge in [0.25, 0.3) is 5.56 Å². The molecule has 2 aromatic heterocycles. The van der Waals surface area contributed by atoms with Gasteiger partial charge in [-0.1, -0.05) is 75.2 Å². The van der Waals surface area contributed by atoms with Crippen LogP contribution in [-0.4, -0.2) is 195 Å². The summed E-state index contributed by atoms with van der Waals surface area (Å²) >= 11 is 0. The number of methoxy groups -OCH3 is 2. The molecule has 0 spiro atoms. The number of benzene rings is 6. The number of esters is 2. The van der Waals surface area contributed by atoms with E-state index in [0.29, 0.717) is 117 Å². The van der Waals surface area contributed by atoms with E-state index in [-0.39, 0.29) is 185 Å². The van der Waals surface area contributed by atoms with Gasteiger partial charge in [-0.15, -0.1) is 0 Å². The number of rotatable bonds is 22. The van der Waals surface area contributed by atoms with E-state index in [1.54, 1.807) is 83.7 Å². The highest BCUT2D eigenvalue weighted by Crippen LogP contribution is 2.80. The molecule has 8 unspecified atom stereocenters. The summed E-state index contributed by atoms with van der Waals surface area (Å²) in [4.78, 5) is 124. The lowest BCUT2D eigenvalue weighted by atomic mass is 9.34. The number of nitrogens with zero attached hydrogens (tertiary/aromatic N) is 9. The molecule has 8 aromatic rings. The average Bonchev–Trinajstić information content (AvgIpc) is 0.943. The summed E-state index contributed by atoms with van der Waals surface area (Å²) in [5.74, 6) is -4.11. The van der Waals surface area contributed by atoms with Gasteiger partial charge in [0, 0.05) is 95.3 Å². The maximum Gasteiger partial charge on any atom is 0.311 e. The number of aromatic nitrogens is 3. The SMILES string of the molecule is CCC12CC(C(=O)N3CC(F)CC3c3cccc(F)c3)(C1)C2.CCC12CC(C(=O)N3CC[C@@H](Oc4cc(F)ccc4F)C3)(C1)C2.COC(=O)C12CC(C(=O)N3CC(F)CC3c3cccc(F)c3)(C1)C2.COC(=O)C12CC(C(=O)N3CC[C@@H](Oc4cc(F)ccc4F)C3)(C1)C2.Cc1ccn(CC23CC(C(=O)N4CC(F)CC4c4cccc(F)c4)(C2)C3)c(=O)c1.Cc1cnn(CC23CC(C(=O)N4CC(F)CC4c4cccc(F)c4)(C2)C3)c1. The molecule has 18 aliphatic carbocycles. The highest BCUT2D eigenvalue weighted by molar-refractivity contribution is 5.96. The molecule has 6 saturated heterocycles. The second kappa shape index (κ2) is 38.4. The largest absolute Gasteiger partial charge is 0.485 e. The summed E-state index contributed by atoms with van der Waals surface area (Å²) < 4.78 is 189. The van der Waals surface area contributed by atoms with Crippen molar-refractivity contribution in [1.29, 1.82) is 0 Å². The Hall–Kier alpha value is -12.0. The minimum atomic E-state index is -1.11. The Morgan fingerprint density at radius 3 is 0.967 bits per heavy atom. The first-order valence-electron chi connectivity index (χ1n) is 52.8. The van der Waals surface area contributed by atoms with Crippen LogP contribution in [0.3, 0.4) is 0 Å². The lowest BCUT2D eigenvalue weighted by molar-refractivity contribution is -0.229. The lowest BCUT2D eigenvalue weighted by Crippen LogP contribution is -2.71. The van der Waals surface area contributed by atoms with Crippen molar-refractivity contribution in [3.8, 4) is 11.5 Å². The zero-order chi connectivity index (χ0) is 106. The van der Waals surface area contributed by atoms with E-state index in [1.165, 1.54) is 62.8 Å². The molecule has 6 amide bonds. The number of pyridine rings is 1. The Bertz CT molecular complexity index is 6620. The van der Waals surface area contributed by atoms with E-state index in [1.807, 2.05) is 48.1 Å². The topological polar surface area (TPSA) is 233 Å². The Kier molecular flexibility index (Phi) is 26.5. The standard InChI is InChI=1S/C23H24F2N2O2.C21H23F2N3O.C18H19F2NO4.C18H19F2NO3.C18H21F2NO2.C18H21F2NO/c1-15-5-6-26(20(28)7-15)14-22-11-23(12-22,13-22)21(29)27-10-18(25)9-19(27)16-3-2-4-17(24)8-16;1-14-7-24-25(8-14)13-20-10-21(11-20,12-20)19(27)26-9-17(23)6-18(26)15-3-2-4-16(22)5-15;1-24-16(23)18-8-17(9-18,10-18)15(22)21-5-4-12(7-21)25-14-6-11(19)2-3-13(14)20;1-24-16(23)18-8-17(9-18,10-18)15(22)21-7-13(20)6-14(21)11-3-2-4-12(19)5-11;1-2-17-9-18(10-17,11-17)16(22)21-6-5-13(8-21)23-15-7-12(19)3-4-14(15)20;1-2-17-9-18(10-17,11-17)16(22)21-8-14(20)7-15(21)12-4-3-5-13(19)6-12/h2-8,18-19H,9-14H2,1H3;2-5,7-8,17-18H,6,9-13H2,1H3;2-3,6,12H,4-5,7-10H2,1H3;2-5,13-14H,6-10H2,1H3;3-4,7,13H,2,5-6,8-11H2,1H3;3-6,14-15H,2,7-11H2,1H3/t;;12-,17?,18?;;13-,17?,18?;/m..1.1./s1. The van der Waals surface area contributed by atoms with Gasteiger partial charge in [-0.25, -0.2) is 52.7 Å². The summed E-state index contributed by atoms with van der Waals surface area (Å²) in [6.45, 7) is 12.1. The molecule has 6 aliphatic heterocycles. The third kappa shape index (κ3) is 18.5. The Labute approximate surface area is 863 Å². The molecular formula is C116H127F12N9O13. The van der Waals surface area contributed by atoms with Crippen molar-refractivity contribution in [2.75, 3.05) is 66.6 Å². The fourth-order valence-electron chi connectivity index (χ4n) is 30.4. The number of aryl methyl sites for hydroxylation is 2. The maximum atomic E-state index is 14.2. The minimum absolute atomic E-state index is 0.00205. The van der Waals surface area contributed by atoms with Crippen molar-refractivity contribution in [3.05, 3.63) is 254 Å². The number of hydrogen-bond acceptors (Lipinski definition) is 14. The Morgan fingerprint density at radius 2 is 0.660 bits per heavy atom. The van der Waals surface area contributed by atoms with Crippen LogP contribution in [0.1, 0.15) is 238 Å². The second-order valence-electron chi connectivity index (χ2n) is 48.2. The molecular weight excluding hydrogens is 1960 g/mol. The third-order valence-electron chi connectivity index (χ3n) is 37.2. The number of amides is 6. The molecule has 10 atom stereocenters. The Balaban J connectivity index is 0.000000105. The van der Waals surface area contributed by atoms with Crippen LogP contribution in [0, 0.1) is 125 Å². The number of likely N-dealkylation sites (tertiary alicyclic amines) is 6. The number of halogens is 12. The number of ether oxygens (including phenoxy) is 4. The number of carbonyl (C=O) groups excluding carboxylic acids is 8. The van der Waals surface area contributed by atoms with E-state index < -0.39 is 92.9 Å². The quantitative estimate of drug-likeness (QED) is 0.0454. The van der Waals surface area contributed by atoms with Crippen LogP contribution in [0.2, 0.25) is 0 Å². The first kappa shape index (κ1) is 104. The average molecular weight is 2080 g/mol. The normalized spacial score (nSPS) is 34.9. The zero-order valence-electron chi connectivity index (χ0n) is 85.2. The van der Waals surface area contributed by atoms with Gasteiger partial charge in [0.2, 0.25) is 35.4 Å². The van der Waals surface area contributed by atoms with Gasteiger partial charge in [0.15, 0.2) is 23.1 Å². The maximum absolute atomic E-state index is 14.2. The fourth-order valence-corrected chi connectivity index (χ4v) is 30.4. The molecule has 18 saturated carbocycles. The van der Waals surface area contributed by atoms with E-state index in [9.17, 15) is 95.8 Å². The highest BCUT2D eigenvalue weighted by atomic mass is 19.2. The number of alkyl halides is 4. The van der Waals surface area contributed by atoms with Crippen LogP contribution in [0.15, 0.2) is 169 Å². The molecule has 798 valence electrons. The monoisotopic (exact) mass is 2080 g/mol. The smallest absolute Gasteiger partial charge is 0.311 e. The second-order valence-corrected chi connectivity index (χ2v) is 48.2. The molecule has 32 rings (SSSR count). The fraction of sp³-hybridized carbons (Fsp3) is 0.552. The van der Waals surface area contributed by atoms with Crippen molar-refractivity contribution in [2.45, 2.75) is 269 Å². The highest BCUT2D eigenvalue weighted by Gasteiger charge is 2.79. The lowest BCUT2D eigenvalue weighted by Gasteiger charge is -2.70. The van der Waals surface area contributed by atoms with Crippen LogP contribution in [0.25, 0.3) is 0 Å². The van der Waals surface area contributed by atoms with Crippen molar-refractivity contribution >= 4 is 47.4 Å². The molecule has 150 heavy (non-hydrogen) atoms. The van der Waals surface area contributed by atoms with Crippen molar-refractivity contribution in [1.82, 2.24) is 43.7 Å². The summed E-state index contributed by atoms with van der Waals surface area (Å²) in [7, 11) is 2.72. The zero-order valence-corrected chi connectivity index (χ0v) is 85.2. The molecule has 0 N–H and O–H groups in total. The first-order chi connectivity index (χ1) is 71.4. The molecule has 0 radical (unpaired) electrons. The molecule has 12 bridgehead atoms. The van der Waals surface area contributed by atoms with Gasteiger partial charge >= 0.3 is 11.9 Å². The molecule has 8 heterocycles. The summed E-state index contributed by atoms with van der Waals surface area (Å²) in [5, 5.41) is 4.36. The van der Waals surface area contributed by atoms with Crippen LogP contribution < -0.4 is 15.0 Å². The minimum Gasteiger partial charge on any atom is -0.485 e. The predicted molar refractivity (Wildman–Crippen MR) is 525 cm³/mol. The van der Waals surface area contributed by atoms with E-state index in [2.05, 4.69) is 18.9 Å². The summed E-state index contributed by atoms with van der Waals surface area (Å²) in [5.41, 5.74) is 2.68. The van der Waals surface area contributed by atoms with Crippen molar-refractivity contribution in [2.24, 2.45) is 65.0 Å². The van der Waals surface area contributed by atoms with E-state index in [4.69, 9.17) is 18.9 Å². The molecule has 24 aliphatic rings. The number of hydrogen-bond donors (Lipinski definition) is 0. The van der Waals surface area contributed by atoms with Crippen molar-refractivity contribution in [3.63, 3.8) is 0 Å². The van der Waals surface area contributed by atoms with Crippen molar-refractivity contribution < 1.29 is 110 Å². The van der Waals surface area contributed by atoms with Gasteiger partial charge in [-0.3, -0.25) is 47.8 Å². The third-order valence-corrected chi connectivity index (χ3v) is 37.2. The molecule has 6 aromatic carbocycles. The van der Waals surface area contributed by atoms with Crippen LogP contribution in [-0.2, 0) is 60.9 Å². The summed E-state index contributed by atoms with van der Waals surface area (Å²) in [6.07, 6.45) is 19.1. The van der Waals surface area contributed by atoms with Crippen LogP contribution in [0.5, 0.6) is 11.5 Å². The predicted octanol–water partition coefficient (Wildman–Crippen LogP) is 20.2. The van der Waals surface area contributed by atoms with E-state index >= 15 is 0 Å². The van der Waals surface area contributed by atoms with Gasteiger partial charge in [-0.2, -0.15) is 5.10 Å². The van der Waals surface area contributed by atoms with E-state index in [0.717, 1.165) is 144 Å². The number of carbonyl (C=O) groups is 8. The van der Waals surface area contributed by atoms with Crippen LogP contribution in [0.4, 0.5) is 52.7 Å². The van der Waals surface area contributed by atoms with Gasteiger partial charge in [0.05, 0.1) is 127 Å². The summed E-state index contributed by atoms with van der Waals surface area (Å²) in [6, 6.07) is 32.9.